The number of hydrogen-bond acceptors (Lipinski definition) is 2. The van der Waals surface area contributed by atoms with Crippen molar-refractivity contribution in [2.45, 2.75) is 26.4 Å². The number of hydrogen-bond donors (Lipinski definition) is 0. The molecule has 2 nitrogen and oxygen atoms in total. The SMILES string of the molecule is CC(C)Oc1c(I)cc(/C=C2\Cc3ccccc3C2=O)cc1I. The van der Waals surface area contributed by atoms with Crippen LogP contribution in [0.1, 0.15) is 35.3 Å². The lowest BCUT2D eigenvalue weighted by atomic mass is 10.1. The van der Waals surface area contributed by atoms with Crippen LogP contribution in [-0.2, 0) is 6.42 Å². The summed E-state index contributed by atoms with van der Waals surface area (Å²) >= 11 is 4.59. The minimum absolute atomic E-state index is 0.146. The van der Waals surface area contributed by atoms with Gasteiger partial charge in [-0.25, -0.2) is 0 Å². The molecule has 0 atom stereocenters. The van der Waals surface area contributed by atoms with E-state index in [2.05, 4.69) is 57.3 Å². The van der Waals surface area contributed by atoms with Crippen LogP contribution in [0, 0.1) is 7.14 Å². The highest BCUT2D eigenvalue weighted by atomic mass is 127. The molecule has 0 bridgehead atoms. The molecule has 2 aromatic carbocycles. The van der Waals surface area contributed by atoms with Gasteiger partial charge in [0.05, 0.1) is 13.2 Å². The number of Topliss-reactive ketones (excluding diaryl/α,β-unsaturated/α-hetero) is 1. The Morgan fingerprint density at radius 2 is 1.78 bits per heavy atom. The molecule has 118 valence electrons. The molecule has 0 saturated heterocycles. The Balaban J connectivity index is 1.94. The number of carbonyl (C=O) groups excluding carboxylic acids is 1. The van der Waals surface area contributed by atoms with Crippen LogP contribution in [0.4, 0.5) is 0 Å². The lowest BCUT2D eigenvalue weighted by Gasteiger charge is -2.14. The second-order valence-corrected chi connectivity index (χ2v) is 8.14. The average Bonchev–Trinajstić information content (AvgIpc) is 2.80. The summed E-state index contributed by atoms with van der Waals surface area (Å²) in [5, 5.41) is 0. The molecule has 1 aliphatic carbocycles. The molecule has 0 unspecified atom stereocenters. The second kappa shape index (κ2) is 6.93. The van der Waals surface area contributed by atoms with Crippen LogP contribution in [-0.4, -0.2) is 11.9 Å². The van der Waals surface area contributed by atoms with Gasteiger partial charge < -0.3 is 4.74 Å². The van der Waals surface area contributed by atoms with Crippen LogP contribution in [0.25, 0.3) is 6.08 Å². The largest absolute Gasteiger partial charge is 0.489 e. The van der Waals surface area contributed by atoms with Crippen molar-refractivity contribution < 1.29 is 9.53 Å². The number of allylic oxidation sites excluding steroid dienone is 1. The number of carbonyl (C=O) groups is 1. The summed E-state index contributed by atoms with van der Waals surface area (Å²) in [7, 11) is 0. The van der Waals surface area contributed by atoms with Crippen LogP contribution >= 0.6 is 45.2 Å². The minimum atomic E-state index is 0.146. The smallest absolute Gasteiger partial charge is 0.189 e. The number of ketones is 1. The first-order chi connectivity index (χ1) is 11.0. The first-order valence-corrected chi connectivity index (χ1v) is 9.60. The Labute approximate surface area is 163 Å². The number of benzene rings is 2. The minimum Gasteiger partial charge on any atom is -0.489 e. The van der Waals surface area contributed by atoms with Gasteiger partial charge in [0, 0.05) is 17.6 Å². The van der Waals surface area contributed by atoms with Gasteiger partial charge in [0.2, 0.25) is 0 Å². The molecule has 0 aromatic heterocycles. The lowest BCUT2D eigenvalue weighted by Crippen LogP contribution is -2.08. The maximum atomic E-state index is 12.5. The van der Waals surface area contributed by atoms with Crippen molar-refractivity contribution in [1.29, 1.82) is 0 Å². The Morgan fingerprint density at radius 1 is 1.13 bits per heavy atom. The summed E-state index contributed by atoms with van der Waals surface area (Å²) in [5.74, 6) is 1.07. The van der Waals surface area contributed by atoms with Gasteiger partial charge in [-0.3, -0.25) is 4.79 Å². The third-order valence-electron chi connectivity index (χ3n) is 3.65. The summed E-state index contributed by atoms with van der Waals surface area (Å²) in [6.07, 6.45) is 2.87. The molecule has 0 spiro atoms. The van der Waals surface area contributed by atoms with Gasteiger partial charge in [-0.15, -0.1) is 0 Å². The molecule has 23 heavy (non-hydrogen) atoms. The standard InChI is InChI=1S/C19H16I2O2/c1-11(2)23-19-16(20)8-12(9-17(19)21)7-14-10-13-5-3-4-6-15(13)18(14)22/h3-9,11H,10H2,1-2H3/b14-7+. The Kier molecular flexibility index (Phi) is 5.10. The van der Waals surface area contributed by atoms with E-state index in [-0.39, 0.29) is 11.9 Å². The number of ether oxygens (including phenoxy) is 1. The normalized spacial score (nSPS) is 15.3. The highest BCUT2D eigenvalue weighted by Gasteiger charge is 2.24. The zero-order chi connectivity index (χ0) is 16.6. The summed E-state index contributed by atoms with van der Waals surface area (Å²) in [6, 6.07) is 12.0. The molecule has 0 aliphatic heterocycles. The predicted octanol–water partition coefficient (Wildman–Crippen LogP) is 5.51. The van der Waals surface area contributed by atoms with Gasteiger partial charge in [0.15, 0.2) is 5.78 Å². The molecule has 0 saturated carbocycles. The van der Waals surface area contributed by atoms with Crippen LogP contribution in [0.15, 0.2) is 42.0 Å². The highest BCUT2D eigenvalue weighted by molar-refractivity contribution is 14.1. The van der Waals surface area contributed by atoms with Gasteiger partial charge in [0.25, 0.3) is 0 Å². The van der Waals surface area contributed by atoms with Crippen molar-refractivity contribution in [3.05, 3.63) is 65.8 Å². The summed E-state index contributed by atoms with van der Waals surface area (Å²) < 4.78 is 8.01. The van der Waals surface area contributed by atoms with E-state index in [0.717, 1.165) is 35.2 Å². The van der Waals surface area contributed by atoms with Gasteiger partial charge in [-0.05, 0) is 88.4 Å². The van der Waals surface area contributed by atoms with Crippen molar-refractivity contribution in [3.63, 3.8) is 0 Å². The fourth-order valence-corrected chi connectivity index (χ4v) is 4.75. The molecule has 0 N–H and O–H groups in total. The Bertz CT molecular complexity index is 784. The maximum Gasteiger partial charge on any atom is 0.189 e. The summed E-state index contributed by atoms with van der Waals surface area (Å²) in [4.78, 5) is 12.5. The number of halogens is 2. The molecule has 0 amide bonds. The van der Waals surface area contributed by atoms with Crippen LogP contribution in [0.5, 0.6) is 5.75 Å². The third-order valence-corrected chi connectivity index (χ3v) is 5.25. The van der Waals surface area contributed by atoms with E-state index in [0.29, 0.717) is 6.42 Å². The van der Waals surface area contributed by atoms with E-state index in [4.69, 9.17) is 4.74 Å². The molecule has 3 rings (SSSR count). The van der Waals surface area contributed by atoms with Gasteiger partial charge >= 0.3 is 0 Å². The molecule has 1 aliphatic rings. The molecular weight excluding hydrogens is 514 g/mol. The summed E-state index contributed by atoms with van der Waals surface area (Å²) in [6.45, 7) is 4.05. The van der Waals surface area contributed by atoms with Crippen molar-refractivity contribution >= 4 is 57.0 Å². The first-order valence-electron chi connectivity index (χ1n) is 7.44. The average molecular weight is 530 g/mol. The predicted molar refractivity (Wildman–Crippen MR) is 110 cm³/mol. The summed E-state index contributed by atoms with van der Waals surface area (Å²) in [5.41, 5.74) is 3.86. The molecule has 0 radical (unpaired) electrons. The monoisotopic (exact) mass is 530 g/mol. The topological polar surface area (TPSA) is 26.3 Å². The van der Waals surface area contributed by atoms with E-state index in [1.807, 2.05) is 44.2 Å². The van der Waals surface area contributed by atoms with E-state index in [1.165, 1.54) is 0 Å². The fourth-order valence-electron chi connectivity index (χ4n) is 2.68. The van der Waals surface area contributed by atoms with Crippen molar-refractivity contribution in [3.8, 4) is 5.75 Å². The quantitative estimate of drug-likeness (QED) is 0.387. The molecule has 4 heteroatoms. The van der Waals surface area contributed by atoms with Gasteiger partial charge in [-0.1, -0.05) is 24.3 Å². The highest BCUT2D eigenvalue weighted by Crippen LogP contribution is 2.32. The fraction of sp³-hybridized carbons (Fsp3) is 0.211. The molecule has 2 aromatic rings. The lowest BCUT2D eigenvalue weighted by molar-refractivity contribution is 0.104. The van der Waals surface area contributed by atoms with Crippen LogP contribution in [0.3, 0.4) is 0 Å². The first kappa shape index (κ1) is 17.0. The molecule has 0 fully saturated rings. The zero-order valence-corrected chi connectivity index (χ0v) is 17.2. The van der Waals surface area contributed by atoms with Gasteiger partial charge in [0.1, 0.15) is 5.75 Å². The third kappa shape index (κ3) is 3.63. The van der Waals surface area contributed by atoms with E-state index < -0.39 is 0 Å². The molecular formula is C19H16I2O2. The molecule has 0 heterocycles. The Hall–Kier alpha value is -0.890. The number of rotatable bonds is 3. The van der Waals surface area contributed by atoms with Crippen molar-refractivity contribution in [1.82, 2.24) is 0 Å². The Morgan fingerprint density at radius 3 is 2.39 bits per heavy atom. The zero-order valence-electron chi connectivity index (χ0n) is 12.9. The second-order valence-electron chi connectivity index (χ2n) is 5.81. The van der Waals surface area contributed by atoms with E-state index in [1.54, 1.807) is 0 Å². The van der Waals surface area contributed by atoms with Crippen LogP contribution < -0.4 is 4.74 Å². The van der Waals surface area contributed by atoms with Gasteiger partial charge in [-0.2, -0.15) is 0 Å². The number of fused-ring (bicyclic) bond motifs is 1. The van der Waals surface area contributed by atoms with Crippen molar-refractivity contribution in [2.75, 3.05) is 0 Å². The van der Waals surface area contributed by atoms with E-state index in [9.17, 15) is 4.79 Å². The van der Waals surface area contributed by atoms with Crippen LogP contribution in [0.2, 0.25) is 0 Å². The van der Waals surface area contributed by atoms with Crippen molar-refractivity contribution in [2.24, 2.45) is 0 Å². The maximum absolute atomic E-state index is 12.5. The van der Waals surface area contributed by atoms with E-state index >= 15 is 0 Å².